The molecule has 0 unspecified atom stereocenters. The highest BCUT2D eigenvalue weighted by Crippen LogP contribution is 2.41. The number of nitrogens with zero attached hydrogens (tertiary/aromatic N) is 4. The fourth-order valence-electron chi connectivity index (χ4n) is 4.08. The van der Waals surface area contributed by atoms with Gasteiger partial charge < -0.3 is 10.7 Å². The van der Waals surface area contributed by atoms with Gasteiger partial charge >= 0.3 is 12.4 Å². The zero-order chi connectivity index (χ0) is 28.1. The summed E-state index contributed by atoms with van der Waals surface area (Å²) in [5.41, 5.74) is 3.54. The second kappa shape index (κ2) is 9.36. The number of aromatic amines is 1. The van der Waals surface area contributed by atoms with E-state index >= 15 is 0 Å². The molecule has 39 heavy (non-hydrogen) atoms. The minimum atomic E-state index is -5.07. The molecule has 0 spiro atoms. The van der Waals surface area contributed by atoms with Gasteiger partial charge in [0.1, 0.15) is 17.3 Å². The van der Waals surface area contributed by atoms with E-state index in [2.05, 4.69) is 20.1 Å². The molecular formula is C25H16F8N6. The third-order valence-electron chi connectivity index (χ3n) is 5.99. The highest BCUT2D eigenvalue weighted by atomic mass is 19.4. The number of nitrogen functional groups attached to an aromatic ring is 1. The minimum absolute atomic E-state index is 0.0372. The van der Waals surface area contributed by atoms with E-state index in [0.717, 1.165) is 6.07 Å². The number of hydrazone groups is 1. The highest BCUT2D eigenvalue weighted by molar-refractivity contribution is 5.81. The Balaban J connectivity index is 1.38. The number of rotatable bonds is 4. The third kappa shape index (κ3) is 5.13. The van der Waals surface area contributed by atoms with Gasteiger partial charge in [-0.3, -0.25) is 5.01 Å². The summed E-state index contributed by atoms with van der Waals surface area (Å²) in [7, 11) is 0. The SMILES string of the molecule is Nc1nc(-c2ccc(C(F)(F)F)cc2C(F)(F)F)ccc1CN1Cc2[nH]c(-c3cccc(F)c3F)nc2C=N1. The summed E-state index contributed by atoms with van der Waals surface area (Å²) < 4.78 is 107. The number of hydrogen-bond donors (Lipinski definition) is 2. The molecule has 3 heterocycles. The smallest absolute Gasteiger partial charge is 0.383 e. The maximum absolute atomic E-state index is 14.2. The molecule has 1 aliphatic heterocycles. The lowest BCUT2D eigenvalue weighted by Gasteiger charge is -2.22. The van der Waals surface area contributed by atoms with Crippen molar-refractivity contribution in [1.29, 1.82) is 0 Å². The molecule has 0 aliphatic carbocycles. The molecule has 0 atom stereocenters. The number of alkyl halides is 6. The third-order valence-corrected chi connectivity index (χ3v) is 5.99. The summed E-state index contributed by atoms with van der Waals surface area (Å²) in [6, 6.07) is 7.62. The van der Waals surface area contributed by atoms with Crippen molar-refractivity contribution >= 4 is 12.0 Å². The lowest BCUT2D eigenvalue weighted by molar-refractivity contribution is -0.142. The molecule has 0 saturated carbocycles. The first-order valence-corrected chi connectivity index (χ1v) is 11.2. The van der Waals surface area contributed by atoms with Crippen molar-refractivity contribution in [1.82, 2.24) is 20.0 Å². The van der Waals surface area contributed by atoms with Gasteiger partial charge in [-0.15, -0.1) is 0 Å². The Labute approximate surface area is 214 Å². The molecule has 2 aromatic heterocycles. The van der Waals surface area contributed by atoms with Gasteiger partial charge in [-0.2, -0.15) is 31.4 Å². The molecule has 2 aromatic carbocycles. The van der Waals surface area contributed by atoms with Crippen LogP contribution in [0.3, 0.4) is 0 Å². The van der Waals surface area contributed by atoms with Gasteiger partial charge in [-0.05, 0) is 30.3 Å². The summed E-state index contributed by atoms with van der Waals surface area (Å²) in [5.74, 6) is -2.12. The average molecular weight is 552 g/mol. The first-order chi connectivity index (χ1) is 18.3. The van der Waals surface area contributed by atoms with Gasteiger partial charge in [0.25, 0.3) is 0 Å². The van der Waals surface area contributed by atoms with Crippen LogP contribution >= 0.6 is 0 Å². The molecule has 0 fully saturated rings. The van der Waals surface area contributed by atoms with Crippen molar-refractivity contribution in [2.24, 2.45) is 5.10 Å². The van der Waals surface area contributed by atoms with Gasteiger partial charge in [0.15, 0.2) is 11.6 Å². The zero-order valence-corrected chi connectivity index (χ0v) is 19.5. The first kappa shape index (κ1) is 26.1. The Kier molecular flexibility index (Phi) is 6.27. The predicted molar refractivity (Wildman–Crippen MR) is 125 cm³/mol. The summed E-state index contributed by atoms with van der Waals surface area (Å²) in [5, 5.41) is 5.76. The zero-order valence-electron chi connectivity index (χ0n) is 19.5. The maximum atomic E-state index is 14.2. The molecule has 0 amide bonds. The number of aromatic nitrogens is 3. The number of H-pyrrole nitrogens is 1. The van der Waals surface area contributed by atoms with Crippen molar-refractivity contribution in [3.05, 3.63) is 88.2 Å². The molecule has 3 N–H and O–H groups in total. The molecule has 4 aromatic rings. The number of imidazole rings is 1. The number of benzene rings is 2. The number of nitrogens with two attached hydrogens (primary N) is 1. The fraction of sp³-hybridized carbons (Fsp3) is 0.160. The number of pyridine rings is 1. The fourth-order valence-corrected chi connectivity index (χ4v) is 4.08. The Morgan fingerprint density at radius 3 is 2.36 bits per heavy atom. The number of anilines is 1. The van der Waals surface area contributed by atoms with Gasteiger partial charge in [-0.25, -0.2) is 18.7 Å². The largest absolute Gasteiger partial charge is 0.417 e. The molecule has 0 saturated heterocycles. The van der Waals surface area contributed by atoms with Crippen molar-refractivity contribution in [3.8, 4) is 22.6 Å². The van der Waals surface area contributed by atoms with Gasteiger partial charge in [0.2, 0.25) is 0 Å². The molecule has 0 radical (unpaired) electrons. The van der Waals surface area contributed by atoms with Crippen LogP contribution < -0.4 is 5.73 Å². The van der Waals surface area contributed by atoms with Crippen molar-refractivity contribution in [2.45, 2.75) is 25.4 Å². The number of halogens is 8. The predicted octanol–water partition coefficient (Wildman–Crippen LogP) is 6.39. The van der Waals surface area contributed by atoms with Crippen LogP contribution in [0.5, 0.6) is 0 Å². The van der Waals surface area contributed by atoms with E-state index in [4.69, 9.17) is 5.73 Å². The maximum Gasteiger partial charge on any atom is 0.417 e. The van der Waals surface area contributed by atoms with Gasteiger partial charge in [0.05, 0.1) is 47.4 Å². The summed E-state index contributed by atoms with van der Waals surface area (Å²) in [4.78, 5) is 11.2. The van der Waals surface area contributed by atoms with E-state index in [9.17, 15) is 35.1 Å². The molecule has 5 rings (SSSR count). The van der Waals surface area contributed by atoms with Gasteiger partial charge in [0, 0.05) is 11.1 Å². The number of nitrogens with one attached hydrogen (secondary N) is 1. The Hall–Kier alpha value is -4.49. The normalized spacial score (nSPS) is 13.6. The van der Waals surface area contributed by atoms with E-state index in [1.54, 1.807) is 0 Å². The molecule has 1 aliphatic rings. The summed E-state index contributed by atoms with van der Waals surface area (Å²) in [6.07, 6.45) is -8.63. The van der Waals surface area contributed by atoms with Crippen molar-refractivity contribution in [3.63, 3.8) is 0 Å². The standard InChI is InChI=1S/C25H16F8N6/c26-17-3-1-2-15(21(17)27)23-37-19-9-35-39(11-20(19)38-23)10-12-4-7-18(36-22(12)34)14-6-5-13(24(28,29)30)8-16(14)25(31,32)33/h1-9H,10-11H2,(H2,34,36)(H,37,38). The van der Waals surface area contributed by atoms with Crippen LogP contribution in [0.1, 0.15) is 28.1 Å². The molecule has 14 heteroatoms. The van der Waals surface area contributed by atoms with E-state index < -0.39 is 40.7 Å². The van der Waals surface area contributed by atoms with Crippen LogP contribution in [0.15, 0.2) is 53.6 Å². The second-order valence-corrected chi connectivity index (χ2v) is 8.61. The average Bonchev–Trinajstić information content (AvgIpc) is 3.28. The summed E-state index contributed by atoms with van der Waals surface area (Å²) >= 11 is 0. The van der Waals surface area contributed by atoms with Crippen LogP contribution in [-0.2, 0) is 25.4 Å². The van der Waals surface area contributed by atoms with Crippen LogP contribution in [0.2, 0.25) is 0 Å². The Morgan fingerprint density at radius 1 is 0.897 bits per heavy atom. The van der Waals surface area contributed by atoms with Crippen LogP contribution in [0, 0.1) is 11.6 Å². The molecular weight excluding hydrogens is 536 g/mol. The van der Waals surface area contributed by atoms with Crippen LogP contribution in [0.25, 0.3) is 22.6 Å². The Morgan fingerprint density at radius 2 is 1.67 bits per heavy atom. The summed E-state index contributed by atoms with van der Waals surface area (Å²) in [6.45, 7) is 0.227. The highest BCUT2D eigenvalue weighted by Gasteiger charge is 2.38. The lowest BCUT2D eigenvalue weighted by atomic mass is 9.99. The molecule has 6 nitrogen and oxygen atoms in total. The monoisotopic (exact) mass is 552 g/mol. The second-order valence-electron chi connectivity index (χ2n) is 8.61. The number of fused-ring (bicyclic) bond motifs is 1. The van der Waals surface area contributed by atoms with Gasteiger partial charge in [-0.1, -0.05) is 18.2 Å². The number of hydrogen-bond acceptors (Lipinski definition) is 5. The van der Waals surface area contributed by atoms with Crippen molar-refractivity contribution in [2.75, 3.05) is 5.73 Å². The Bertz CT molecular complexity index is 1590. The van der Waals surface area contributed by atoms with Crippen LogP contribution in [-0.4, -0.2) is 26.2 Å². The minimum Gasteiger partial charge on any atom is -0.383 e. The first-order valence-electron chi connectivity index (χ1n) is 11.2. The van der Waals surface area contributed by atoms with Crippen LogP contribution in [0.4, 0.5) is 40.9 Å². The van der Waals surface area contributed by atoms with E-state index in [1.165, 1.54) is 35.5 Å². The van der Waals surface area contributed by atoms with E-state index in [1.807, 2.05) is 0 Å². The molecule has 0 bridgehead atoms. The topological polar surface area (TPSA) is 83.2 Å². The lowest BCUT2D eigenvalue weighted by Crippen LogP contribution is -2.22. The molecule has 202 valence electrons. The van der Waals surface area contributed by atoms with Crippen molar-refractivity contribution < 1.29 is 35.1 Å². The van der Waals surface area contributed by atoms with E-state index in [0.29, 0.717) is 29.1 Å². The quantitative estimate of drug-likeness (QED) is 0.288. The van der Waals surface area contributed by atoms with E-state index in [-0.39, 0.29) is 42.1 Å².